The number of nitrogens with zero attached hydrogens (tertiary/aromatic N) is 3. The quantitative estimate of drug-likeness (QED) is 0.295. The Hall–Kier alpha value is -3.29. The van der Waals surface area contributed by atoms with Crippen LogP contribution in [0.1, 0.15) is 43.7 Å². The van der Waals surface area contributed by atoms with Crippen molar-refractivity contribution < 1.29 is 22.6 Å². The highest BCUT2D eigenvalue weighted by Gasteiger charge is 2.36. The Morgan fingerprint density at radius 3 is 2.45 bits per heavy atom. The van der Waals surface area contributed by atoms with Gasteiger partial charge in [-0.2, -0.15) is 18.2 Å². The SMILES string of the molecule is CCCCCCOc1cccc(N(C)c2nc(OCc3ccccc3)ncc2C(F)(F)F)c1. The lowest BCUT2D eigenvalue weighted by molar-refractivity contribution is -0.137. The monoisotopic (exact) mass is 459 g/mol. The van der Waals surface area contributed by atoms with Crippen LogP contribution in [0.15, 0.2) is 60.8 Å². The van der Waals surface area contributed by atoms with Gasteiger partial charge in [0.05, 0.1) is 6.61 Å². The average Bonchev–Trinajstić information content (AvgIpc) is 2.82. The van der Waals surface area contributed by atoms with E-state index in [0.29, 0.717) is 18.0 Å². The fraction of sp³-hybridized carbons (Fsp3) is 0.360. The van der Waals surface area contributed by atoms with Gasteiger partial charge in [0.1, 0.15) is 17.9 Å². The number of aromatic nitrogens is 2. The smallest absolute Gasteiger partial charge is 0.421 e. The molecule has 0 atom stereocenters. The van der Waals surface area contributed by atoms with Gasteiger partial charge in [-0.1, -0.05) is 62.6 Å². The van der Waals surface area contributed by atoms with Crippen LogP contribution in [-0.4, -0.2) is 23.6 Å². The molecule has 3 aromatic rings. The van der Waals surface area contributed by atoms with Crippen LogP contribution in [0, 0.1) is 0 Å². The Balaban J connectivity index is 1.79. The lowest BCUT2D eigenvalue weighted by Gasteiger charge is -2.23. The first-order chi connectivity index (χ1) is 15.9. The molecule has 0 fully saturated rings. The maximum Gasteiger partial charge on any atom is 0.421 e. The third-order valence-corrected chi connectivity index (χ3v) is 5.05. The number of rotatable bonds is 11. The lowest BCUT2D eigenvalue weighted by Crippen LogP contribution is -2.19. The van der Waals surface area contributed by atoms with E-state index in [2.05, 4.69) is 16.9 Å². The number of benzene rings is 2. The van der Waals surface area contributed by atoms with Gasteiger partial charge in [0.15, 0.2) is 5.82 Å². The summed E-state index contributed by atoms with van der Waals surface area (Å²) in [6.45, 7) is 2.85. The van der Waals surface area contributed by atoms with Crippen LogP contribution < -0.4 is 14.4 Å². The van der Waals surface area contributed by atoms with Gasteiger partial charge < -0.3 is 14.4 Å². The maximum atomic E-state index is 13.7. The highest BCUT2D eigenvalue weighted by Crippen LogP contribution is 2.38. The fourth-order valence-corrected chi connectivity index (χ4v) is 3.23. The van der Waals surface area contributed by atoms with E-state index in [1.54, 1.807) is 24.3 Å². The fourth-order valence-electron chi connectivity index (χ4n) is 3.23. The van der Waals surface area contributed by atoms with E-state index in [9.17, 15) is 13.2 Å². The second-order valence-corrected chi connectivity index (χ2v) is 7.63. The van der Waals surface area contributed by atoms with Gasteiger partial charge in [-0.25, -0.2) is 4.98 Å². The first kappa shape index (κ1) is 24.4. The van der Waals surface area contributed by atoms with Crippen molar-refractivity contribution in [2.24, 2.45) is 0 Å². The Bertz CT molecular complexity index is 1010. The van der Waals surface area contributed by atoms with Crippen molar-refractivity contribution >= 4 is 11.5 Å². The zero-order chi connectivity index (χ0) is 23.7. The number of alkyl halides is 3. The lowest BCUT2D eigenvalue weighted by atomic mass is 10.2. The van der Waals surface area contributed by atoms with Gasteiger partial charge in [0, 0.05) is 25.0 Å². The molecule has 0 N–H and O–H groups in total. The molecule has 0 spiro atoms. The molecule has 3 rings (SSSR count). The standard InChI is InChI=1S/C25H28F3N3O2/c1-3-4-5-9-15-32-21-14-10-13-20(16-21)31(2)23-22(25(26,27)28)17-29-24(30-23)33-18-19-11-7-6-8-12-19/h6-8,10-14,16-17H,3-5,9,15,18H2,1-2H3. The van der Waals surface area contributed by atoms with Crippen molar-refractivity contribution in [2.75, 3.05) is 18.6 Å². The number of halogens is 3. The molecule has 176 valence electrons. The Morgan fingerprint density at radius 1 is 0.939 bits per heavy atom. The van der Waals surface area contributed by atoms with E-state index in [1.807, 2.05) is 30.3 Å². The molecule has 0 aliphatic carbocycles. The van der Waals surface area contributed by atoms with Crippen LogP contribution in [0.4, 0.5) is 24.7 Å². The molecule has 0 amide bonds. The zero-order valence-corrected chi connectivity index (χ0v) is 18.8. The van der Waals surface area contributed by atoms with Gasteiger partial charge in [-0.3, -0.25) is 0 Å². The largest absolute Gasteiger partial charge is 0.494 e. The van der Waals surface area contributed by atoms with Crippen molar-refractivity contribution in [3.8, 4) is 11.8 Å². The van der Waals surface area contributed by atoms with Gasteiger partial charge in [0.25, 0.3) is 0 Å². The number of hydrogen-bond acceptors (Lipinski definition) is 5. The van der Waals surface area contributed by atoms with Crippen molar-refractivity contribution in [3.05, 3.63) is 71.9 Å². The highest BCUT2D eigenvalue weighted by atomic mass is 19.4. The summed E-state index contributed by atoms with van der Waals surface area (Å²) in [6, 6.07) is 16.1. The predicted molar refractivity (Wildman–Crippen MR) is 122 cm³/mol. The molecule has 0 unspecified atom stereocenters. The van der Waals surface area contributed by atoms with Crippen molar-refractivity contribution in [2.45, 2.75) is 45.4 Å². The summed E-state index contributed by atoms with van der Waals surface area (Å²) in [5, 5.41) is 0. The molecule has 0 bridgehead atoms. The Labute approximate surface area is 192 Å². The molecule has 2 aromatic carbocycles. The molecule has 5 nitrogen and oxygen atoms in total. The second kappa shape index (κ2) is 11.5. The number of hydrogen-bond donors (Lipinski definition) is 0. The molecule has 0 aliphatic rings. The van der Waals surface area contributed by atoms with Gasteiger partial charge in [0.2, 0.25) is 0 Å². The zero-order valence-electron chi connectivity index (χ0n) is 18.8. The molecule has 33 heavy (non-hydrogen) atoms. The van der Waals surface area contributed by atoms with E-state index in [-0.39, 0.29) is 18.4 Å². The summed E-state index contributed by atoms with van der Waals surface area (Å²) in [7, 11) is 1.53. The minimum atomic E-state index is -4.62. The first-order valence-corrected chi connectivity index (χ1v) is 11.0. The van der Waals surface area contributed by atoms with E-state index in [1.165, 1.54) is 11.9 Å². The third-order valence-electron chi connectivity index (χ3n) is 5.05. The topological polar surface area (TPSA) is 47.5 Å². The number of unbranched alkanes of at least 4 members (excludes halogenated alkanes) is 3. The molecule has 1 heterocycles. The van der Waals surface area contributed by atoms with Crippen LogP contribution in [0.3, 0.4) is 0 Å². The van der Waals surface area contributed by atoms with Gasteiger partial charge >= 0.3 is 12.2 Å². The molecule has 0 radical (unpaired) electrons. The molecule has 0 saturated carbocycles. The normalized spacial score (nSPS) is 11.3. The minimum Gasteiger partial charge on any atom is -0.494 e. The maximum absolute atomic E-state index is 13.7. The summed E-state index contributed by atoms with van der Waals surface area (Å²) < 4.78 is 52.4. The second-order valence-electron chi connectivity index (χ2n) is 7.63. The van der Waals surface area contributed by atoms with E-state index in [0.717, 1.165) is 37.4 Å². The summed E-state index contributed by atoms with van der Waals surface area (Å²) in [5.41, 5.74) is 0.432. The number of ether oxygens (including phenoxy) is 2. The van der Waals surface area contributed by atoms with Crippen LogP contribution in [0.2, 0.25) is 0 Å². The van der Waals surface area contributed by atoms with Gasteiger partial charge in [-0.15, -0.1) is 0 Å². The average molecular weight is 460 g/mol. The number of anilines is 2. The summed E-state index contributed by atoms with van der Waals surface area (Å²) >= 11 is 0. The molecular formula is C25H28F3N3O2. The molecular weight excluding hydrogens is 431 g/mol. The van der Waals surface area contributed by atoms with E-state index in [4.69, 9.17) is 9.47 Å². The Kier molecular flexibility index (Phi) is 8.52. The first-order valence-electron chi connectivity index (χ1n) is 11.0. The highest BCUT2D eigenvalue weighted by molar-refractivity contribution is 5.64. The van der Waals surface area contributed by atoms with E-state index >= 15 is 0 Å². The Morgan fingerprint density at radius 2 is 1.73 bits per heavy atom. The molecule has 8 heteroatoms. The third kappa shape index (κ3) is 7.10. The van der Waals surface area contributed by atoms with Crippen LogP contribution >= 0.6 is 0 Å². The van der Waals surface area contributed by atoms with Crippen molar-refractivity contribution in [1.82, 2.24) is 9.97 Å². The molecule has 0 aliphatic heterocycles. The summed E-state index contributed by atoms with van der Waals surface area (Å²) in [4.78, 5) is 9.23. The molecule has 0 saturated heterocycles. The summed E-state index contributed by atoms with van der Waals surface area (Å²) in [5.74, 6) is 0.305. The van der Waals surface area contributed by atoms with Crippen LogP contribution in [0.5, 0.6) is 11.8 Å². The van der Waals surface area contributed by atoms with Crippen LogP contribution in [0.25, 0.3) is 0 Å². The van der Waals surface area contributed by atoms with Gasteiger partial charge in [-0.05, 0) is 24.1 Å². The van der Waals surface area contributed by atoms with Crippen LogP contribution in [-0.2, 0) is 12.8 Å². The molecule has 1 aromatic heterocycles. The minimum absolute atomic E-state index is 0.128. The summed E-state index contributed by atoms with van der Waals surface area (Å²) in [6.07, 6.45) is 0.437. The van der Waals surface area contributed by atoms with Crippen molar-refractivity contribution in [1.29, 1.82) is 0 Å². The van der Waals surface area contributed by atoms with Crippen molar-refractivity contribution in [3.63, 3.8) is 0 Å². The predicted octanol–water partition coefficient (Wildman–Crippen LogP) is 6.80. The van der Waals surface area contributed by atoms with E-state index < -0.39 is 11.7 Å².